The van der Waals surface area contributed by atoms with Gasteiger partial charge < -0.3 is 14.4 Å². The van der Waals surface area contributed by atoms with Crippen molar-refractivity contribution in [1.29, 1.82) is 0 Å². The van der Waals surface area contributed by atoms with E-state index in [2.05, 4.69) is 4.98 Å². The maximum atomic E-state index is 12.8. The number of rotatable bonds is 4. The lowest BCUT2D eigenvalue weighted by atomic mass is 10.0. The van der Waals surface area contributed by atoms with Gasteiger partial charge in [-0.05, 0) is 47.4 Å². The fourth-order valence-electron chi connectivity index (χ4n) is 3.56. The Balaban J connectivity index is 1.49. The summed E-state index contributed by atoms with van der Waals surface area (Å²) >= 11 is 1.62. The molecule has 0 N–H and O–H groups in total. The molecule has 0 saturated carbocycles. The number of fused-ring (bicyclic) bond motifs is 1. The first kappa shape index (κ1) is 15.6. The van der Waals surface area contributed by atoms with Crippen LogP contribution in [0.25, 0.3) is 0 Å². The summed E-state index contributed by atoms with van der Waals surface area (Å²) in [6, 6.07) is 5.87. The second-order valence-corrected chi connectivity index (χ2v) is 7.02. The molecule has 2 aliphatic heterocycles. The quantitative estimate of drug-likeness (QED) is 0.855. The second-order valence-electron chi connectivity index (χ2n) is 6.24. The molecule has 4 rings (SSSR count). The van der Waals surface area contributed by atoms with Gasteiger partial charge in [0, 0.05) is 12.8 Å². The minimum atomic E-state index is -0.133. The smallest absolute Gasteiger partial charge is 0.227 e. The Kier molecular flexibility index (Phi) is 4.49. The third-order valence-corrected chi connectivity index (χ3v) is 5.39. The molecule has 126 valence electrons. The van der Waals surface area contributed by atoms with E-state index in [9.17, 15) is 4.79 Å². The minimum Gasteiger partial charge on any atom is -0.484 e. The Morgan fingerprint density at radius 3 is 3.21 bits per heavy atom. The highest BCUT2D eigenvalue weighted by molar-refractivity contribution is 7.08. The molecule has 5 nitrogen and oxygen atoms in total. The van der Waals surface area contributed by atoms with Crippen LogP contribution in [0.3, 0.4) is 0 Å². The van der Waals surface area contributed by atoms with Crippen LogP contribution in [-0.4, -0.2) is 47.2 Å². The number of carbonyl (C=O) groups excluding carboxylic acids is 1. The molecule has 2 saturated heterocycles. The number of hydrogen-bond donors (Lipinski definition) is 0. The van der Waals surface area contributed by atoms with Crippen LogP contribution in [0.4, 0.5) is 0 Å². The van der Waals surface area contributed by atoms with Gasteiger partial charge in [0.05, 0.1) is 25.2 Å². The molecule has 2 fully saturated rings. The monoisotopic (exact) mass is 344 g/mol. The maximum Gasteiger partial charge on any atom is 0.227 e. The Morgan fingerprint density at radius 1 is 1.46 bits per heavy atom. The fourth-order valence-corrected chi connectivity index (χ4v) is 4.23. The van der Waals surface area contributed by atoms with Crippen molar-refractivity contribution < 1.29 is 14.3 Å². The lowest BCUT2D eigenvalue weighted by molar-refractivity contribution is -0.134. The number of pyridine rings is 1. The van der Waals surface area contributed by atoms with Gasteiger partial charge in [-0.25, -0.2) is 0 Å². The molecular weight excluding hydrogens is 324 g/mol. The van der Waals surface area contributed by atoms with Crippen LogP contribution in [-0.2, 0) is 16.0 Å². The number of carbonyl (C=O) groups is 1. The van der Waals surface area contributed by atoms with E-state index in [0.717, 1.165) is 30.8 Å². The Morgan fingerprint density at radius 2 is 2.42 bits per heavy atom. The van der Waals surface area contributed by atoms with Gasteiger partial charge in [-0.15, -0.1) is 0 Å². The lowest BCUT2D eigenvalue weighted by Crippen LogP contribution is -2.44. The Labute approximate surface area is 145 Å². The van der Waals surface area contributed by atoms with E-state index in [-0.39, 0.29) is 24.2 Å². The third kappa shape index (κ3) is 3.16. The predicted octanol–water partition coefficient (Wildman–Crippen LogP) is 2.52. The van der Waals surface area contributed by atoms with Gasteiger partial charge in [-0.3, -0.25) is 9.78 Å². The normalized spacial score (nSPS) is 26.2. The molecule has 24 heavy (non-hydrogen) atoms. The highest BCUT2D eigenvalue weighted by atomic mass is 32.1. The summed E-state index contributed by atoms with van der Waals surface area (Å²) in [6.45, 7) is 1.31. The van der Waals surface area contributed by atoms with Crippen molar-refractivity contribution in [2.24, 2.45) is 0 Å². The molecule has 6 heteroatoms. The summed E-state index contributed by atoms with van der Waals surface area (Å²) < 4.78 is 12.0. The molecule has 0 aliphatic carbocycles. The number of aromatic nitrogens is 1. The number of ether oxygens (including phenoxy) is 2. The van der Waals surface area contributed by atoms with E-state index >= 15 is 0 Å². The average molecular weight is 344 g/mol. The zero-order chi connectivity index (χ0) is 16.4. The standard InChI is InChI=1S/C18H20N2O3S/c21-17(9-13-5-8-24-12-13)20-11-16(18-15(20)4-2-7-22-18)23-14-3-1-6-19-10-14/h1,3,5-6,8,10,12,15-16,18H,2,4,7,9,11H2/t15-,16-,18+/m1/s1. The van der Waals surface area contributed by atoms with Crippen molar-refractivity contribution >= 4 is 17.2 Å². The molecular formula is C18H20N2O3S. The van der Waals surface area contributed by atoms with Crippen LogP contribution in [0.1, 0.15) is 18.4 Å². The fraction of sp³-hybridized carbons (Fsp3) is 0.444. The summed E-state index contributed by atoms with van der Waals surface area (Å²) in [6.07, 6.45) is 5.66. The number of thiophene rings is 1. The zero-order valence-corrected chi connectivity index (χ0v) is 14.2. The average Bonchev–Trinajstić information content (AvgIpc) is 3.24. The summed E-state index contributed by atoms with van der Waals surface area (Å²) in [4.78, 5) is 18.8. The molecule has 3 atom stereocenters. The highest BCUT2D eigenvalue weighted by Crippen LogP contribution is 2.32. The summed E-state index contributed by atoms with van der Waals surface area (Å²) in [7, 11) is 0. The van der Waals surface area contributed by atoms with Crippen LogP contribution in [0.2, 0.25) is 0 Å². The van der Waals surface area contributed by atoms with E-state index in [1.165, 1.54) is 0 Å². The van der Waals surface area contributed by atoms with E-state index in [0.29, 0.717) is 13.0 Å². The van der Waals surface area contributed by atoms with Crippen molar-refractivity contribution in [1.82, 2.24) is 9.88 Å². The molecule has 2 aliphatic rings. The van der Waals surface area contributed by atoms with Gasteiger partial charge in [0.1, 0.15) is 18.0 Å². The van der Waals surface area contributed by atoms with Crippen molar-refractivity contribution in [2.45, 2.75) is 37.5 Å². The van der Waals surface area contributed by atoms with E-state index < -0.39 is 0 Å². The van der Waals surface area contributed by atoms with E-state index in [1.807, 2.05) is 33.9 Å². The van der Waals surface area contributed by atoms with Crippen molar-refractivity contribution in [2.75, 3.05) is 13.2 Å². The van der Waals surface area contributed by atoms with E-state index in [1.54, 1.807) is 23.7 Å². The lowest BCUT2D eigenvalue weighted by Gasteiger charge is -2.32. The van der Waals surface area contributed by atoms with Crippen molar-refractivity contribution in [3.63, 3.8) is 0 Å². The van der Waals surface area contributed by atoms with Gasteiger partial charge in [0.2, 0.25) is 5.91 Å². The molecule has 0 aromatic carbocycles. The van der Waals surface area contributed by atoms with Crippen molar-refractivity contribution in [3.05, 3.63) is 46.9 Å². The SMILES string of the molecule is O=C(Cc1ccsc1)N1C[C@@H](Oc2cccnc2)[C@H]2OCCC[C@H]21. The first-order valence-electron chi connectivity index (χ1n) is 8.30. The molecule has 0 bridgehead atoms. The molecule has 0 spiro atoms. The number of likely N-dealkylation sites (tertiary alicyclic amines) is 1. The molecule has 0 radical (unpaired) electrons. The summed E-state index contributed by atoms with van der Waals surface area (Å²) in [5.41, 5.74) is 1.08. The van der Waals surface area contributed by atoms with Gasteiger partial charge in [-0.2, -0.15) is 11.3 Å². The largest absolute Gasteiger partial charge is 0.484 e. The Hall–Kier alpha value is -1.92. The van der Waals surface area contributed by atoms with Crippen LogP contribution >= 0.6 is 11.3 Å². The number of hydrogen-bond acceptors (Lipinski definition) is 5. The topological polar surface area (TPSA) is 51.7 Å². The van der Waals surface area contributed by atoms with Crippen molar-refractivity contribution in [3.8, 4) is 5.75 Å². The highest BCUT2D eigenvalue weighted by Gasteiger charge is 2.47. The van der Waals surface area contributed by atoms with Gasteiger partial charge in [0.15, 0.2) is 0 Å². The van der Waals surface area contributed by atoms with E-state index in [4.69, 9.17) is 9.47 Å². The number of nitrogens with zero attached hydrogens (tertiary/aromatic N) is 2. The van der Waals surface area contributed by atoms with Crippen LogP contribution in [0.5, 0.6) is 5.75 Å². The van der Waals surface area contributed by atoms with Gasteiger partial charge in [-0.1, -0.05) is 0 Å². The first-order valence-corrected chi connectivity index (χ1v) is 9.24. The first-order chi connectivity index (χ1) is 11.8. The van der Waals surface area contributed by atoms with Crippen LogP contribution in [0.15, 0.2) is 41.4 Å². The molecule has 4 heterocycles. The van der Waals surface area contributed by atoms with Crippen LogP contribution in [0, 0.1) is 0 Å². The van der Waals surface area contributed by atoms with Gasteiger partial charge in [0.25, 0.3) is 0 Å². The van der Waals surface area contributed by atoms with Crippen LogP contribution < -0.4 is 4.74 Å². The summed E-state index contributed by atoms with van der Waals surface area (Å²) in [5, 5.41) is 4.04. The zero-order valence-electron chi connectivity index (χ0n) is 13.3. The summed E-state index contributed by atoms with van der Waals surface area (Å²) in [5.74, 6) is 0.883. The molecule has 2 aromatic rings. The molecule has 0 unspecified atom stereocenters. The second kappa shape index (κ2) is 6.91. The number of amides is 1. The third-order valence-electron chi connectivity index (χ3n) is 4.65. The predicted molar refractivity (Wildman–Crippen MR) is 91.2 cm³/mol. The maximum absolute atomic E-state index is 12.8. The Bertz CT molecular complexity index is 677. The molecule has 1 amide bonds. The van der Waals surface area contributed by atoms with Gasteiger partial charge >= 0.3 is 0 Å². The molecule has 2 aromatic heterocycles. The minimum absolute atomic E-state index is 0.0506.